The second-order valence-electron chi connectivity index (χ2n) is 5.41. The lowest BCUT2D eigenvalue weighted by atomic mass is 10.0. The van der Waals surface area contributed by atoms with Gasteiger partial charge in [-0.05, 0) is 12.8 Å². The van der Waals surface area contributed by atoms with Crippen molar-refractivity contribution in [2.45, 2.75) is 25.4 Å². The van der Waals surface area contributed by atoms with Gasteiger partial charge < -0.3 is 9.64 Å². The van der Waals surface area contributed by atoms with Crippen LogP contribution in [0.1, 0.15) is 19.3 Å². The Balaban J connectivity index is 1.96. The van der Waals surface area contributed by atoms with E-state index in [1.165, 1.54) is 10.6 Å². The molecular formula is C12H22N2O4S. The van der Waals surface area contributed by atoms with Crippen molar-refractivity contribution in [3.8, 4) is 0 Å². The molecule has 0 spiro atoms. The van der Waals surface area contributed by atoms with E-state index >= 15 is 0 Å². The molecule has 19 heavy (non-hydrogen) atoms. The van der Waals surface area contributed by atoms with Crippen molar-refractivity contribution >= 4 is 15.9 Å². The van der Waals surface area contributed by atoms with Crippen LogP contribution in [-0.4, -0.2) is 69.2 Å². The van der Waals surface area contributed by atoms with Crippen LogP contribution in [0.15, 0.2) is 0 Å². The number of ether oxygens (including phenoxy) is 1. The summed E-state index contributed by atoms with van der Waals surface area (Å²) in [6.07, 6.45) is 3.54. The molecule has 0 aromatic heterocycles. The van der Waals surface area contributed by atoms with Crippen molar-refractivity contribution in [3.05, 3.63) is 0 Å². The maximum absolute atomic E-state index is 12.1. The summed E-state index contributed by atoms with van der Waals surface area (Å²) < 4.78 is 29.9. The molecular weight excluding hydrogens is 268 g/mol. The summed E-state index contributed by atoms with van der Waals surface area (Å²) in [5.41, 5.74) is 0. The minimum absolute atomic E-state index is 0.0344. The van der Waals surface area contributed by atoms with Crippen molar-refractivity contribution in [2.24, 2.45) is 5.92 Å². The van der Waals surface area contributed by atoms with Gasteiger partial charge in [-0.1, -0.05) is 0 Å². The summed E-state index contributed by atoms with van der Waals surface area (Å²) in [6, 6.07) is 0. The Morgan fingerprint density at radius 3 is 2.42 bits per heavy atom. The predicted molar refractivity (Wildman–Crippen MR) is 71.1 cm³/mol. The molecule has 1 amide bonds. The van der Waals surface area contributed by atoms with E-state index in [0.717, 1.165) is 25.9 Å². The van der Waals surface area contributed by atoms with Crippen LogP contribution in [0.5, 0.6) is 0 Å². The molecule has 0 aromatic rings. The zero-order chi connectivity index (χ0) is 14.0. The monoisotopic (exact) mass is 290 g/mol. The maximum atomic E-state index is 12.1. The van der Waals surface area contributed by atoms with Gasteiger partial charge in [-0.3, -0.25) is 4.79 Å². The third-order valence-corrected chi connectivity index (χ3v) is 5.25. The lowest BCUT2D eigenvalue weighted by molar-refractivity contribution is -0.131. The fraction of sp³-hybridized carbons (Fsp3) is 0.917. The third kappa shape index (κ3) is 3.46. The van der Waals surface area contributed by atoms with Crippen molar-refractivity contribution in [1.29, 1.82) is 0 Å². The molecule has 0 aliphatic carbocycles. The maximum Gasteiger partial charge on any atom is 0.222 e. The average molecular weight is 290 g/mol. The molecule has 2 saturated heterocycles. The average Bonchev–Trinajstić information content (AvgIpc) is 2.96. The van der Waals surface area contributed by atoms with Crippen LogP contribution in [0, 0.1) is 5.92 Å². The normalized spacial score (nSPS) is 29.1. The molecule has 2 aliphatic rings. The molecule has 0 radical (unpaired) electrons. The fourth-order valence-electron chi connectivity index (χ4n) is 2.86. The van der Waals surface area contributed by atoms with Gasteiger partial charge in [0.25, 0.3) is 0 Å². The first kappa shape index (κ1) is 14.7. The van der Waals surface area contributed by atoms with Crippen LogP contribution < -0.4 is 0 Å². The molecule has 0 N–H and O–H groups in total. The van der Waals surface area contributed by atoms with E-state index in [4.69, 9.17) is 4.74 Å². The minimum Gasteiger partial charge on any atom is -0.380 e. The molecule has 110 valence electrons. The summed E-state index contributed by atoms with van der Waals surface area (Å²) in [5.74, 6) is 0.0905. The van der Waals surface area contributed by atoms with Gasteiger partial charge in [-0.2, -0.15) is 4.31 Å². The van der Waals surface area contributed by atoms with Gasteiger partial charge in [0.2, 0.25) is 15.9 Å². The van der Waals surface area contributed by atoms with Crippen molar-refractivity contribution in [2.75, 3.05) is 39.5 Å². The molecule has 0 unspecified atom stereocenters. The molecule has 0 aromatic carbocycles. The summed E-state index contributed by atoms with van der Waals surface area (Å²) in [7, 11) is -1.63. The van der Waals surface area contributed by atoms with Gasteiger partial charge in [0.05, 0.1) is 12.4 Å². The van der Waals surface area contributed by atoms with E-state index in [0.29, 0.717) is 19.5 Å². The van der Waals surface area contributed by atoms with E-state index in [2.05, 4.69) is 0 Å². The summed E-state index contributed by atoms with van der Waals surface area (Å²) in [6.45, 7) is 2.40. The molecule has 2 fully saturated rings. The molecule has 0 saturated carbocycles. The van der Waals surface area contributed by atoms with E-state index in [9.17, 15) is 13.2 Å². The van der Waals surface area contributed by atoms with Crippen molar-refractivity contribution in [1.82, 2.24) is 9.21 Å². The standard InChI is InChI=1S/C12H22N2O4S/c1-18-11-9-14(19(2,16)17)8-10(11)7-12(15)13-5-3-4-6-13/h10-11H,3-9H2,1-2H3/t10-,11-/m0/s1. The number of rotatable bonds is 4. The first-order valence-corrected chi connectivity index (χ1v) is 8.52. The number of sulfonamides is 1. The van der Waals surface area contributed by atoms with Crippen LogP contribution in [-0.2, 0) is 19.6 Å². The highest BCUT2D eigenvalue weighted by atomic mass is 32.2. The molecule has 2 atom stereocenters. The Labute approximate surface area is 114 Å². The number of amides is 1. The lowest BCUT2D eigenvalue weighted by Crippen LogP contribution is -2.32. The van der Waals surface area contributed by atoms with Crippen molar-refractivity contribution < 1.29 is 17.9 Å². The number of carbonyl (C=O) groups excluding carboxylic acids is 1. The van der Waals surface area contributed by atoms with Crippen molar-refractivity contribution in [3.63, 3.8) is 0 Å². The molecule has 2 rings (SSSR count). The third-order valence-electron chi connectivity index (χ3n) is 4.01. The number of nitrogens with zero attached hydrogens (tertiary/aromatic N) is 2. The van der Waals surface area contributed by atoms with Gasteiger partial charge in [0.15, 0.2) is 0 Å². The largest absolute Gasteiger partial charge is 0.380 e. The number of hydrogen-bond acceptors (Lipinski definition) is 4. The van der Waals surface area contributed by atoms with Gasteiger partial charge in [0.1, 0.15) is 0 Å². The minimum atomic E-state index is -3.20. The van der Waals surface area contributed by atoms with Crippen LogP contribution in [0.25, 0.3) is 0 Å². The molecule has 0 bridgehead atoms. The van der Waals surface area contributed by atoms with Crippen LogP contribution >= 0.6 is 0 Å². The predicted octanol–water partition coefficient (Wildman–Crippen LogP) is -0.0947. The summed E-state index contributed by atoms with van der Waals surface area (Å²) >= 11 is 0. The summed E-state index contributed by atoms with van der Waals surface area (Å²) in [4.78, 5) is 14.0. The van der Waals surface area contributed by atoms with Crippen LogP contribution in [0.4, 0.5) is 0 Å². The summed E-state index contributed by atoms with van der Waals surface area (Å²) in [5, 5.41) is 0. The number of carbonyl (C=O) groups is 1. The molecule has 2 aliphatic heterocycles. The number of likely N-dealkylation sites (tertiary alicyclic amines) is 1. The molecule has 6 nitrogen and oxygen atoms in total. The zero-order valence-corrected chi connectivity index (χ0v) is 12.4. The lowest BCUT2D eigenvalue weighted by Gasteiger charge is -2.20. The topological polar surface area (TPSA) is 66.9 Å². The van der Waals surface area contributed by atoms with Crippen LogP contribution in [0.3, 0.4) is 0 Å². The number of methoxy groups -OCH3 is 1. The smallest absolute Gasteiger partial charge is 0.222 e. The first-order chi connectivity index (χ1) is 8.91. The first-order valence-electron chi connectivity index (χ1n) is 6.67. The number of hydrogen-bond donors (Lipinski definition) is 0. The quantitative estimate of drug-likeness (QED) is 0.725. The van der Waals surface area contributed by atoms with Gasteiger partial charge in [0, 0.05) is 45.6 Å². The Kier molecular flexibility index (Phi) is 4.47. The van der Waals surface area contributed by atoms with Crippen LogP contribution in [0.2, 0.25) is 0 Å². The Morgan fingerprint density at radius 1 is 1.26 bits per heavy atom. The SMILES string of the molecule is CO[C@H]1CN(S(C)(=O)=O)C[C@@H]1CC(=O)N1CCCC1. The van der Waals surface area contributed by atoms with E-state index in [-0.39, 0.29) is 17.9 Å². The molecule has 7 heteroatoms. The van der Waals surface area contributed by atoms with E-state index in [1.54, 1.807) is 7.11 Å². The molecule has 2 heterocycles. The highest BCUT2D eigenvalue weighted by molar-refractivity contribution is 7.88. The van der Waals surface area contributed by atoms with E-state index < -0.39 is 10.0 Å². The highest BCUT2D eigenvalue weighted by Crippen LogP contribution is 2.26. The second-order valence-corrected chi connectivity index (χ2v) is 7.39. The Hall–Kier alpha value is -0.660. The van der Waals surface area contributed by atoms with Gasteiger partial charge in [-0.15, -0.1) is 0 Å². The second kappa shape index (κ2) is 5.76. The highest BCUT2D eigenvalue weighted by Gasteiger charge is 2.38. The zero-order valence-electron chi connectivity index (χ0n) is 11.5. The fourth-order valence-corrected chi connectivity index (χ4v) is 3.74. The van der Waals surface area contributed by atoms with Gasteiger partial charge >= 0.3 is 0 Å². The Morgan fingerprint density at radius 2 is 1.89 bits per heavy atom. The van der Waals surface area contributed by atoms with E-state index in [1.807, 2.05) is 4.90 Å². The van der Waals surface area contributed by atoms with Gasteiger partial charge in [-0.25, -0.2) is 8.42 Å². The Bertz CT molecular complexity index is 431.